The van der Waals surface area contributed by atoms with Crippen LogP contribution in [0, 0.1) is 23.7 Å². The number of anilines is 2. The van der Waals surface area contributed by atoms with Gasteiger partial charge in [0.15, 0.2) is 0 Å². The number of hydrogen-bond acceptors (Lipinski definition) is 5. The van der Waals surface area contributed by atoms with Crippen LogP contribution in [0.2, 0.25) is 0 Å². The maximum atomic E-state index is 6.12. The van der Waals surface area contributed by atoms with E-state index in [9.17, 15) is 0 Å². The Morgan fingerprint density at radius 1 is 1.08 bits per heavy atom. The molecule has 130 valence electrons. The largest absolute Gasteiger partial charge is 0.368 e. The number of aromatic nitrogens is 2. The quantitative estimate of drug-likeness (QED) is 0.892. The molecule has 5 heteroatoms. The first kappa shape index (κ1) is 14.9. The van der Waals surface area contributed by atoms with Crippen LogP contribution in [0.4, 0.5) is 11.8 Å². The number of nitrogens with one attached hydrogen (secondary N) is 1. The van der Waals surface area contributed by atoms with E-state index in [-0.39, 0.29) is 0 Å². The van der Waals surface area contributed by atoms with E-state index in [1.807, 2.05) is 7.05 Å². The summed E-state index contributed by atoms with van der Waals surface area (Å²) in [6.07, 6.45) is 8.35. The molecule has 4 aliphatic carbocycles. The van der Waals surface area contributed by atoms with E-state index in [1.165, 1.54) is 44.2 Å². The molecular formula is C19H29N5. The summed E-state index contributed by atoms with van der Waals surface area (Å²) in [4.78, 5) is 11.7. The molecule has 1 atom stereocenters. The normalized spacial score (nSPS) is 40.5. The highest BCUT2D eigenvalue weighted by molar-refractivity contribution is 5.46. The fourth-order valence-electron chi connectivity index (χ4n) is 6.42. The minimum atomic E-state index is 0.462. The minimum Gasteiger partial charge on any atom is -0.368 e. The van der Waals surface area contributed by atoms with E-state index < -0.39 is 0 Å². The predicted octanol–water partition coefficient (Wildman–Crippen LogP) is 2.40. The van der Waals surface area contributed by atoms with Gasteiger partial charge in [0.25, 0.3) is 0 Å². The van der Waals surface area contributed by atoms with Crippen molar-refractivity contribution in [3.05, 3.63) is 11.8 Å². The summed E-state index contributed by atoms with van der Waals surface area (Å²) in [5, 5.41) is 3.38. The summed E-state index contributed by atoms with van der Waals surface area (Å²) in [5.41, 5.74) is 7.36. The Balaban J connectivity index is 1.44. The number of hydrogen-bond donors (Lipinski definition) is 2. The van der Waals surface area contributed by atoms with Crippen LogP contribution < -0.4 is 16.0 Å². The fourth-order valence-corrected chi connectivity index (χ4v) is 6.42. The molecule has 4 bridgehead atoms. The SMILES string of the molecule is CN[C@@H]1CCN(c2cc(C3C4CC5CC(C4)CC3C5)nc(N)n2)C1. The van der Waals surface area contributed by atoms with Crippen LogP contribution in [0.15, 0.2) is 6.07 Å². The molecular weight excluding hydrogens is 298 g/mol. The molecule has 5 nitrogen and oxygen atoms in total. The third kappa shape index (κ3) is 2.40. The number of rotatable bonds is 3. The lowest BCUT2D eigenvalue weighted by molar-refractivity contribution is -0.00412. The van der Waals surface area contributed by atoms with Gasteiger partial charge in [0.2, 0.25) is 5.95 Å². The van der Waals surface area contributed by atoms with Crippen molar-refractivity contribution in [3.63, 3.8) is 0 Å². The Hall–Kier alpha value is -1.36. The Morgan fingerprint density at radius 3 is 2.42 bits per heavy atom. The Labute approximate surface area is 144 Å². The first-order valence-electron chi connectivity index (χ1n) is 9.76. The third-order valence-electron chi connectivity index (χ3n) is 7.24. The van der Waals surface area contributed by atoms with Gasteiger partial charge in [-0.15, -0.1) is 0 Å². The molecule has 3 N–H and O–H groups in total. The van der Waals surface area contributed by atoms with Crippen LogP contribution in [0.25, 0.3) is 0 Å². The van der Waals surface area contributed by atoms with Crippen LogP contribution in [0.1, 0.15) is 50.1 Å². The molecule has 1 aromatic heterocycles. The van der Waals surface area contributed by atoms with E-state index in [0.29, 0.717) is 17.9 Å². The molecule has 0 spiro atoms. The maximum absolute atomic E-state index is 6.12. The molecule has 0 amide bonds. The number of likely N-dealkylation sites (N-methyl/N-ethyl adjacent to an activating group) is 1. The van der Waals surface area contributed by atoms with Gasteiger partial charge < -0.3 is 16.0 Å². The van der Waals surface area contributed by atoms with E-state index in [2.05, 4.69) is 21.3 Å². The van der Waals surface area contributed by atoms with Crippen LogP contribution >= 0.6 is 0 Å². The van der Waals surface area contributed by atoms with Gasteiger partial charge in [-0.05, 0) is 69.2 Å². The lowest BCUT2D eigenvalue weighted by atomic mass is 9.51. The summed E-state index contributed by atoms with van der Waals surface area (Å²) in [6.45, 7) is 2.08. The van der Waals surface area contributed by atoms with Gasteiger partial charge in [0.1, 0.15) is 5.82 Å². The zero-order valence-corrected chi connectivity index (χ0v) is 14.6. The predicted molar refractivity (Wildman–Crippen MR) is 95.9 cm³/mol. The van der Waals surface area contributed by atoms with E-state index >= 15 is 0 Å². The molecule has 4 saturated carbocycles. The van der Waals surface area contributed by atoms with Crippen LogP contribution in [0.5, 0.6) is 0 Å². The molecule has 5 fully saturated rings. The standard InChI is InChI=1S/C19H29N5/c1-21-15-2-3-24(10-15)17-9-16(22-19(20)23-17)18-13-5-11-4-12(7-13)8-14(18)6-11/h9,11-15,18,21H,2-8,10H2,1H3,(H2,20,22,23)/t11?,12?,13?,14?,15-,18?/m1/s1. The number of nitrogens with zero attached hydrogens (tertiary/aromatic N) is 3. The zero-order valence-electron chi connectivity index (χ0n) is 14.6. The van der Waals surface area contributed by atoms with Crippen LogP contribution in [-0.2, 0) is 0 Å². The topological polar surface area (TPSA) is 67.1 Å². The second-order valence-corrected chi connectivity index (χ2v) is 8.69. The first-order chi connectivity index (χ1) is 11.7. The van der Waals surface area contributed by atoms with Gasteiger partial charge in [-0.1, -0.05) is 0 Å². The van der Waals surface area contributed by atoms with E-state index in [0.717, 1.165) is 42.6 Å². The molecule has 2 heterocycles. The molecule has 0 unspecified atom stereocenters. The van der Waals surface area contributed by atoms with E-state index in [4.69, 9.17) is 10.7 Å². The van der Waals surface area contributed by atoms with Crippen molar-refractivity contribution in [2.24, 2.45) is 23.7 Å². The second-order valence-electron chi connectivity index (χ2n) is 8.69. The molecule has 6 rings (SSSR count). The zero-order chi connectivity index (χ0) is 16.3. The molecule has 1 aliphatic heterocycles. The molecule has 24 heavy (non-hydrogen) atoms. The summed E-state index contributed by atoms with van der Waals surface area (Å²) in [7, 11) is 2.04. The molecule has 0 aromatic carbocycles. The minimum absolute atomic E-state index is 0.462. The second kappa shape index (κ2) is 5.58. The van der Waals surface area contributed by atoms with Crippen molar-refractivity contribution >= 4 is 11.8 Å². The van der Waals surface area contributed by atoms with Crippen LogP contribution in [0.3, 0.4) is 0 Å². The molecule has 0 radical (unpaired) electrons. The lowest BCUT2D eigenvalue weighted by Crippen LogP contribution is -2.44. The third-order valence-corrected chi connectivity index (χ3v) is 7.24. The van der Waals surface area contributed by atoms with Crippen molar-refractivity contribution < 1.29 is 0 Å². The highest BCUT2D eigenvalue weighted by atomic mass is 15.2. The van der Waals surface area contributed by atoms with Crippen molar-refractivity contribution in [2.45, 2.75) is 50.5 Å². The summed E-state index contributed by atoms with van der Waals surface area (Å²) in [6, 6.07) is 2.83. The van der Waals surface area contributed by atoms with Crippen LogP contribution in [-0.4, -0.2) is 36.1 Å². The molecule has 1 saturated heterocycles. The average molecular weight is 327 g/mol. The Bertz CT molecular complexity index is 602. The lowest BCUT2D eigenvalue weighted by Gasteiger charge is -2.54. The van der Waals surface area contributed by atoms with Crippen molar-refractivity contribution in [3.8, 4) is 0 Å². The van der Waals surface area contributed by atoms with Gasteiger partial charge in [-0.25, -0.2) is 4.98 Å². The highest BCUT2D eigenvalue weighted by Crippen LogP contribution is 2.59. The van der Waals surface area contributed by atoms with Gasteiger partial charge in [0.05, 0.1) is 5.69 Å². The van der Waals surface area contributed by atoms with Gasteiger partial charge in [-0.3, -0.25) is 0 Å². The van der Waals surface area contributed by atoms with Gasteiger partial charge in [0, 0.05) is 31.1 Å². The Kier molecular flexibility index (Phi) is 3.47. The monoisotopic (exact) mass is 327 g/mol. The number of nitrogen functional groups attached to an aromatic ring is 1. The maximum Gasteiger partial charge on any atom is 0.222 e. The van der Waals surface area contributed by atoms with Crippen molar-refractivity contribution in [2.75, 3.05) is 30.8 Å². The van der Waals surface area contributed by atoms with Gasteiger partial charge >= 0.3 is 0 Å². The van der Waals surface area contributed by atoms with E-state index in [1.54, 1.807) is 0 Å². The molecule has 5 aliphatic rings. The first-order valence-corrected chi connectivity index (χ1v) is 9.76. The summed E-state index contributed by atoms with van der Waals surface area (Å²) in [5.74, 6) is 5.81. The highest BCUT2D eigenvalue weighted by Gasteiger charge is 2.49. The van der Waals surface area contributed by atoms with Crippen molar-refractivity contribution in [1.82, 2.24) is 15.3 Å². The Morgan fingerprint density at radius 2 is 1.79 bits per heavy atom. The molecule has 1 aromatic rings. The fraction of sp³-hybridized carbons (Fsp3) is 0.789. The van der Waals surface area contributed by atoms with Gasteiger partial charge in [-0.2, -0.15) is 4.98 Å². The number of nitrogens with two attached hydrogens (primary N) is 1. The smallest absolute Gasteiger partial charge is 0.222 e. The average Bonchev–Trinajstić information content (AvgIpc) is 3.02. The van der Waals surface area contributed by atoms with Crippen molar-refractivity contribution in [1.29, 1.82) is 0 Å². The summed E-state index contributed by atoms with van der Waals surface area (Å²) < 4.78 is 0. The summed E-state index contributed by atoms with van der Waals surface area (Å²) >= 11 is 0.